The fraction of sp³-hybridized carbons (Fsp3) is 0.857. The van der Waals surface area contributed by atoms with E-state index in [1.54, 1.807) is 7.11 Å². The number of hydrogen-bond acceptors (Lipinski definition) is 5. The first kappa shape index (κ1) is 14.5. The van der Waals surface area contributed by atoms with E-state index in [4.69, 9.17) is 15.0 Å². The van der Waals surface area contributed by atoms with Crippen LogP contribution in [0.1, 0.15) is 56.7 Å². The maximum atomic E-state index is 6.02. The van der Waals surface area contributed by atoms with Crippen molar-refractivity contribution in [2.24, 2.45) is 5.73 Å². The van der Waals surface area contributed by atoms with Crippen molar-refractivity contribution < 1.29 is 9.26 Å². The van der Waals surface area contributed by atoms with Gasteiger partial charge >= 0.3 is 0 Å². The molecule has 0 radical (unpaired) electrons. The summed E-state index contributed by atoms with van der Waals surface area (Å²) in [4.78, 5) is 4.58. The van der Waals surface area contributed by atoms with E-state index >= 15 is 0 Å². The van der Waals surface area contributed by atoms with Crippen LogP contribution in [0.25, 0.3) is 0 Å². The van der Waals surface area contributed by atoms with Gasteiger partial charge in [-0.3, -0.25) is 0 Å². The Kier molecular flexibility index (Phi) is 5.34. The highest BCUT2D eigenvalue weighted by Crippen LogP contribution is 2.36. The summed E-state index contributed by atoms with van der Waals surface area (Å²) in [5, 5.41) is 4.09. The molecule has 19 heavy (non-hydrogen) atoms. The SMILES string of the molecule is COCCCc1noc(C2(CN)CCCCCC2)n1. The highest BCUT2D eigenvalue weighted by Gasteiger charge is 2.36. The van der Waals surface area contributed by atoms with E-state index in [1.807, 2.05) is 0 Å². The molecule has 0 aliphatic heterocycles. The molecule has 5 nitrogen and oxygen atoms in total. The van der Waals surface area contributed by atoms with Crippen molar-refractivity contribution in [3.63, 3.8) is 0 Å². The Morgan fingerprint density at radius 2 is 2.00 bits per heavy atom. The van der Waals surface area contributed by atoms with Gasteiger partial charge in [0.15, 0.2) is 5.82 Å². The molecule has 0 unspecified atom stereocenters. The average molecular weight is 267 g/mol. The number of rotatable bonds is 6. The molecule has 1 aromatic heterocycles. The standard InChI is InChI=1S/C14H25N3O2/c1-18-10-6-7-12-16-13(19-17-12)14(11-15)8-4-2-3-5-9-14/h2-11,15H2,1H3. The van der Waals surface area contributed by atoms with Crippen molar-refractivity contribution >= 4 is 0 Å². The van der Waals surface area contributed by atoms with Gasteiger partial charge in [-0.15, -0.1) is 0 Å². The molecule has 2 N–H and O–H groups in total. The molecule has 0 aromatic carbocycles. The number of nitrogens with two attached hydrogens (primary N) is 1. The second kappa shape index (κ2) is 7.01. The van der Waals surface area contributed by atoms with Crippen LogP contribution in [0.2, 0.25) is 0 Å². The number of aromatic nitrogens is 2. The third-order valence-corrected chi connectivity index (χ3v) is 4.12. The lowest BCUT2D eigenvalue weighted by molar-refractivity contribution is 0.194. The van der Waals surface area contributed by atoms with Crippen LogP contribution in [0.4, 0.5) is 0 Å². The second-order valence-corrected chi connectivity index (χ2v) is 5.51. The minimum atomic E-state index is -0.0804. The van der Waals surface area contributed by atoms with Gasteiger partial charge in [0, 0.05) is 26.7 Å². The third kappa shape index (κ3) is 3.54. The van der Waals surface area contributed by atoms with Gasteiger partial charge < -0.3 is 15.0 Å². The molecule has 0 atom stereocenters. The summed E-state index contributed by atoms with van der Waals surface area (Å²) in [7, 11) is 1.70. The average Bonchev–Trinajstić information content (AvgIpc) is 2.77. The molecule has 1 heterocycles. The van der Waals surface area contributed by atoms with Gasteiger partial charge in [-0.25, -0.2) is 0 Å². The zero-order valence-corrected chi connectivity index (χ0v) is 11.9. The predicted molar refractivity (Wildman–Crippen MR) is 72.9 cm³/mol. The smallest absolute Gasteiger partial charge is 0.234 e. The zero-order chi connectivity index (χ0) is 13.6. The molecular formula is C14H25N3O2. The number of nitrogens with zero attached hydrogens (tertiary/aromatic N) is 2. The minimum Gasteiger partial charge on any atom is -0.385 e. The first-order chi connectivity index (χ1) is 9.30. The summed E-state index contributed by atoms with van der Waals surface area (Å²) in [5.41, 5.74) is 5.94. The molecular weight excluding hydrogens is 242 g/mol. The number of ether oxygens (including phenoxy) is 1. The maximum Gasteiger partial charge on any atom is 0.234 e. The molecule has 1 aromatic rings. The van der Waals surface area contributed by atoms with Crippen molar-refractivity contribution in [3.05, 3.63) is 11.7 Å². The Morgan fingerprint density at radius 1 is 1.26 bits per heavy atom. The molecule has 108 valence electrons. The highest BCUT2D eigenvalue weighted by molar-refractivity contribution is 5.07. The summed E-state index contributed by atoms with van der Waals surface area (Å²) in [6.45, 7) is 1.33. The third-order valence-electron chi connectivity index (χ3n) is 4.12. The van der Waals surface area contributed by atoms with Crippen LogP contribution < -0.4 is 5.73 Å². The number of aryl methyl sites for hydroxylation is 1. The quantitative estimate of drug-likeness (QED) is 0.631. The monoisotopic (exact) mass is 267 g/mol. The maximum absolute atomic E-state index is 6.02. The van der Waals surface area contributed by atoms with Crippen LogP contribution in [-0.2, 0) is 16.6 Å². The largest absolute Gasteiger partial charge is 0.385 e. The summed E-state index contributed by atoms with van der Waals surface area (Å²) in [5.74, 6) is 1.54. The van der Waals surface area contributed by atoms with E-state index in [-0.39, 0.29) is 5.41 Å². The summed E-state index contributed by atoms with van der Waals surface area (Å²) in [6, 6.07) is 0. The molecule has 1 saturated carbocycles. The number of methoxy groups -OCH3 is 1. The zero-order valence-electron chi connectivity index (χ0n) is 11.9. The summed E-state index contributed by atoms with van der Waals surface area (Å²) >= 11 is 0. The van der Waals surface area contributed by atoms with Crippen LogP contribution in [0.5, 0.6) is 0 Å². The second-order valence-electron chi connectivity index (χ2n) is 5.51. The molecule has 5 heteroatoms. The Bertz CT molecular complexity index is 371. The van der Waals surface area contributed by atoms with Gasteiger partial charge in [0.1, 0.15) is 0 Å². The highest BCUT2D eigenvalue weighted by atomic mass is 16.5. The first-order valence-corrected chi connectivity index (χ1v) is 7.33. The lowest BCUT2D eigenvalue weighted by atomic mass is 9.80. The van der Waals surface area contributed by atoms with Gasteiger partial charge in [-0.1, -0.05) is 30.8 Å². The topological polar surface area (TPSA) is 74.2 Å². The van der Waals surface area contributed by atoms with Crippen LogP contribution in [-0.4, -0.2) is 30.4 Å². The van der Waals surface area contributed by atoms with Crippen molar-refractivity contribution in [3.8, 4) is 0 Å². The molecule has 1 fully saturated rings. The fourth-order valence-corrected chi connectivity index (χ4v) is 2.86. The van der Waals surface area contributed by atoms with Crippen molar-refractivity contribution in [2.75, 3.05) is 20.3 Å². The molecule has 1 aliphatic carbocycles. The Hall–Kier alpha value is -0.940. The lowest BCUT2D eigenvalue weighted by Gasteiger charge is -2.26. The Labute approximate surface area is 114 Å². The van der Waals surface area contributed by atoms with Gasteiger partial charge in [0.2, 0.25) is 5.89 Å². The lowest BCUT2D eigenvalue weighted by Crippen LogP contribution is -2.35. The van der Waals surface area contributed by atoms with E-state index < -0.39 is 0 Å². The Morgan fingerprint density at radius 3 is 2.63 bits per heavy atom. The van der Waals surface area contributed by atoms with Gasteiger partial charge in [-0.05, 0) is 19.3 Å². The predicted octanol–water partition coefficient (Wildman–Crippen LogP) is 2.20. The number of hydrogen-bond donors (Lipinski definition) is 1. The Balaban J connectivity index is 2.05. The minimum absolute atomic E-state index is 0.0804. The van der Waals surface area contributed by atoms with Crippen LogP contribution >= 0.6 is 0 Å². The summed E-state index contributed by atoms with van der Waals surface area (Å²) < 4.78 is 10.5. The molecule has 0 spiro atoms. The van der Waals surface area contributed by atoms with Gasteiger partial charge in [-0.2, -0.15) is 4.98 Å². The molecule has 0 amide bonds. The molecule has 1 aliphatic rings. The van der Waals surface area contributed by atoms with Crippen LogP contribution in [0.15, 0.2) is 4.52 Å². The first-order valence-electron chi connectivity index (χ1n) is 7.33. The van der Waals surface area contributed by atoms with Crippen LogP contribution in [0.3, 0.4) is 0 Å². The van der Waals surface area contributed by atoms with E-state index in [9.17, 15) is 0 Å². The fourth-order valence-electron chi connectivity index (χ4n) is 2.86. The van der Waals surface area contributed by atoms with Gasteiger partial charge in [0.25, 0.3) is 0 Å². The molecule has 0 saturated heterocycles. The molecule has 2 rings (SSSR count). The van der Waals surface area contributed by atoms with E-state index in [2.05, 4.69) is 10.1 Å². The van der Waals surface area contributed by atoms with Gasteiger partial charge in [0.05, 0.1) is 5.41 Å². The normalized spacial score (nSPS) is 19.3. The van der Waals surface area contributed by atoms with Crippen molar-refractivity contribution in [1.82, 2.24) is 10.1 Å². The van der Waals surface area contributed by atoms with Crippen LogP contribution in [0, 0.1) is 0 Å². The van der Waals surface area contributed by atoms with E-state index in [0.717, 1.165) is 44.0 Å². The summed E-state index contributed by atoms with van der Waals surface area (Å²) in [6.07, 6.45) is 8.86. The van der Waals surface area contributed by atoms with E-state index in [0.29, 0.717) is 6.54 Å². The van der Waals surface area contributed by atoms with Crippen molar-refractivity contribution in [2.45, 2.75) is 56.8 Å². The van der Waals surface area contributed by atoms with Crippen molar-refractivity contribution in [1.29, 1.82) is 0 Å². The molecule has 0 bridgehead atoms. The van der Waals surface area contributed by atoms with E-state index in [1.165, 1.54) is 25.7 Å².